The van der Waals surface area contributed by atoms with Crippen molar-refractivity contribution < 1.29 is 19.4 Å². The van der Waals surface area contributed by atoms with E-state index in [4.69, 9.17) is 21.1 Å². The molecule has 2 atom stereocenters. The molecule has 1 heterocycles. The minimum atomic E-state index is -0.940. The summed E-state index contributed by atoms with van der Waals surface area (Å²) in [7, 11) is 0. The number of fused-ring (bicyclic) bond motifs is 1. The first kappa shape index (κ1) is 16.9. The van der Waals surface area contributed by atoms with E-state index in [0.717, 1.165) is 0 Å². The highest BCUT2D eigenvalue weighted by Crippen LogP contribution is 2.40. The fourth-order valence-corrected chi connectivity index (χ4v) is 2.62. The SMILES string of the molecule is CC(C)(C)OC(=O)NC1C(O)c2cc(Cl)ccc2OC1(C)C. The number of carbonyl (C=O) groups is 1. The van der Waals surface area contributed by atoms with Crippen molar-refractivity contribution >= 4 is 17.7 Å². The molecular weight excluding hydrogens is 306 g/mol. The van der Waals surface area contributed by atoms with Gasteiger partial charge in [-0.2, -0.15) is 0 Å². The number of aliphatic hydroxyl groups is 1. The van der Waals surface area contributed by atoms with Crippen LogP contribution in [0.15, 0.2) is 18.2 Å². The smallest absolute Gasteiger partial charge is 0.408 e. The van der Waals surface area contributed by atoms with E-state index in [1.165, 1.54) is 0 Å². The maximum absolute atomic E-state index is 12.0. The van der Waals surface area contributed by atoms with Crippen LogP contribution in [0.3, 0.4) is 0 Å². The summed E-state index contributed by atoms with van der Waals surface area (Å²) in [5, 5.41) is 13.8. The van der Waals surface area contributed by atoms with Crippen molar-refractivity contribution in [3.05, 3.63) is 28.8 Å². The predicted octanol–water partition coefficient (Wildman–Crippen LogP) is 3.44. The molecular formula is C16H22ClNO4. The van der Waals surface area contributed by atoms with Crippen LogP contribution in [0.25, 0.3) is 0 Å². The van der Waals surface area contributed by atoms with Crippen LogP contribution in [-0.4, -0.2) is 28.4 Å². The number of aliphatic hydroxyl groups excluding tert-OH is 1. The lowest BCUT2D eigenvalue weighted by molar-refractivity contribution is -0.0331. The van der Waals surface area contributed by atoms with Gasteiger partial charge in [0.2, 0.25) is 0 Å². The van der Waals surface area contributed by atoms with E-state index in [1.807, 2.05) is 0 Å². The second-order valence-corrected chi connectivity index (χ2v) is 7.39. The number of hydrogen-bond acceptors (Lipinski definition) is 4. The topological polar surface area (TPSA) is 67.8 Å². The van der Waals surface area contributed by atoms with Gasteiger partial charge in [0, 0.05) is 10.6 Å². The Labute approximate surface area is 135 Å². The van der Waals surface area contributed by atoms with Crippen molar-refractivity contribution in [3.63, 3.8) is 0 Å². The number of nitrogens with one attached hydrogen (secondary N) is 1. The van der Waals surface area contributed by atoms with Crippen LogP contribution < -0.4 is 10.1 Å². The van der Waals surface area contributed by atoms with E-state index in [1.54, 1.807) is 52.8 Å². The van der Waals surface area contributed by atoms with Gasteiger partial charge in [-0.3, -0.25) is 0 Å². The highest BCUT2D eigenvalue weighted by molar-refractivity contribution is 6.30. The molecule has 0 radical (unpaired) electrons. The minimum absolute atomic E-state index is 0.497. The molecule has 22 heavy (non-hydrogen) atoms. The fraction of sp³-hybridized carbons (Fsp3) is 0.562. The number of halogens is 1. The molecule has 1 aliphatic heterocycles. The molecule has 5 nitrogen and oxygen atoms in total. The van der Waals surface area contributed by atoms with Crippen molar-refractivity contribution in [2.75, 3.05) is 0 Å². The summed E-state index contributed by atoms with van der Waals surface area (Å²) in [6.45, 7) is 8.94. The van der Waals surface area contributed by atoms with Gasteiger partial charge in [0.25, 0.3) is 0 Å². The lowest BCUT2D eigenvalue weighted by Gasteiger charge is -2.43. The monoisotopic (exact) mass is 327 g/mol. The van der Waals surface area contributed by atoms with Crippen molar-refractivity contribution in [3.8, 4) is 5.75 Å². The first-order valence-electron chi connectivity index (χ1n) is 7.16. The molecule has 0 spiro atoms. The predicted molar refractivity (Wildman–Crippen MR) is 84.3 cm³/mol. The third kappa shape index (κ3) is 3.65. The van der Waals surface area contributed by atoms with E-state index in [2.05, 4.69) is 5.32 Å². The number of carbonyl (C=O) groups excluding carboxylic acids is 1. The van der Waals surface area contributed by atoms with E-state index < -0.39 is 29.4 Å². The van der Waals surface area contributed by atoms with Gasteiger partial charge >= 0.3 is 6.09 Å². The summed E-state index contributed by atoms with van der Waals surface area (Å²) in [4.78, 5) is 12.0. The Kier molecular flexibility index (Phi) is 4.33. The van der Waals surface area contributed by atoms with Crippen LogP contribution in [0.5, 0.6) is 5.75 Å². The third-order valence-electron chi connectivity index (χ3n) is 3.40. The zero-order valence-corrected chi connectivity index (χ0v) is 14.2. The lowest BCUT2D eigenvalue weighted by atomic mass is 9.86. The highest BCUT2D eigenvalue weighted by atomic mass is 35.5. The average Bonchev–Trinajstić information content (AvgIpc) is 2.33. The van der Waals surface area contributed by atoms with E-state index in [0.29, 0.717) is 16.3 Å². The molecule has 2 N–H and O–H groups in total. The van der Waals surface area contributed by atoms with Gasteiger partial charge in [-0.1, -0.05) is 11.6 Å². The van der Waals surface area contributed by atoms with Crippen molar-refractivity contribution in [2.45, 2.75) is 58.0 Å². The summed E-state index contributed by atoms with van der Waals surface area (Å²) in [6.07, 6.45) is -1.54. The van der Waals surface area contributed by atoms with Crippen molar-refractivity contribution in [2.24, 2.45) is 0 Å². The number of ether oxygens (including phenoxy) is 2. The second kappa shape index (κ2) is 5.63. The van der Waals surface area contributed by atoms with Gasteiger partial charge in [0.05, 0.1) is 0 Å². The number of rotatable bonds is 1. The Morgan fingerprint density at radius 3 is 2.64 bits per heavy atom. The zero-order chi connectivity index (χ0) is 16.7. The molecule has 0 aromatic heterocycles. The van der Waals surface area contributed by atoms with Gasteiger partial charge in [0.15, 0.2) is 0 Å². The molecule has 0 fully saturated rings. The Morgan fingerprint density at radius 1 is 1.41 bits per heavy atom. The molecule has 122 valence electrons. The second-order valence-electron chi connectivity index (χ2n) is 6.96. The molecule has 1 aromatic carbocycles. The molecule has 2 unspecified atom stereocenters. The quantitative estimate of drug-likeness (QED) is 0.829. The van der Waals surface area contributed by atoms with E-state index >= 15 is 0 Å². The lowest BCUT2D eigenvalue weighted by Crippen LogP contribution is -2.58. The first-order valence-corrected chi connectivity index (χ1v) is 7.53. The van der Waals surface area contributed by atoms with Crippen LogP contribution in [0.1, 0.15) is 46.3 Å². The van der Waals surface area contributed by atoms with E-state index in [-0.39, 0.29) is 0 Å². The molecule has 0 saturated carbocycles. The summed E-state index contributed by atoms with van der Waals surface area (Å²) in [6, 6.07) is 4.39. The Hall–Kier alpha value is -1.46. The molecule has 1 aromatic rings. The summed E-state index contributed by atoms with van der Waals surface area (Å²) < 4.78 is 11.2. The van der Waals surface area contributed by atoms with Crippen LogP contribution in [-0.2, 0) is 4.74 Å². The van der Waals surface area contributed by atoms with Gasteiger partial charge < -0.3 is 19.9 Å². The Balaban J connectivity index is 2.25. The van der Waals surface area contributed by atoms with Gasteiger partial charge in [-0.05, 0) is 52.8 Å². The molecule has 0 aliphatic carbocycles. The van der Waals surface area contributed by atoms with Gasteiger partial charge in [-0.25, -0.2) is 4.79 Å². The molecule has 0 saturated heterocycles. The fourth-order valence-electron chi connectivity index (χ4n) is 2.44. The van der Waals surface area contributed by atoms with Crippen molar-refractivity contribution in [1.82, 2.24) is 5.32 Å². The highest BCUT2D eigenvalue weighted by Gasteiger charge is 2.44. The maximum Gasteiger partial charge on any atom is 0.408 e. The first-order chi connectivity index (χ1) is 9.99. The normalized spacial score (nSPS) is 23.2. The number of amides is 1. The summed E-state index contributed by atoms with van der Waals surface area (Å²) in [5.74, 6) is 0.559. The molecule has 2 rings (SSSR count). The number of benzene rings is 1. The minimum Gasteiger partial charge on any atom is -0.485 e. The van der Waals surface area contributed by atoms with Crippen LogP contribution in [0.4, 0.5) is 4.79 Å². The molecule has 1 aliphatic rings. The molecule has 1 amide bonds. The zero-order valence-electron chi connectivity index (χ0n) is 13.4. The summed E-state index contributed by atoms with van der Waals surface area (Å²) >= 11 is 5.97. The van der Waals surface area contributed by atoms with Gasteiger partial charge in [-0.15, -0.1) is 0 Å². The summed E-state index contributed by atoms with van der Waals surface area (Å²) in [5.41, 5.74) is -0.861. The van der Waals surface area contributed by atoms with Crippen LogP contribution in [0.2, 0.25) is 5.02 Å². The van der Waals surface area contributed by atoms with Crippen LogP contribution >= 0.6 is 11.6 Å². The Morgan fingerprint density at radius 2 is 2.05 bits per heavy atom. The van der Waals surface area contributed by atoms with Gasteiger partial charge in [0.1, 0.15) is 29.1 Å². The number of hydrogen-bond donors (Lipinski definition) is 2. The average molecular weight is 328 g/mol. The Bertz CT molecular complexity index is 580. The molecule has 6 heteroatoms. The van der Waals surface area contributed by atoms with Crippen molar-refractivity contribution in [1.29, 1.82) is 0 Å². The maximum atomic E-state index is 12.0. The van der Waals surface area contributed by atoms with E-state index in [9.17, 15) is 9.90 Å². The standard InChI is InChI=1S/C16H22ClNO4/c1-15(2,3)22-14(20)18-13-12(19)10-8-9(17)6-7-11(10)21-16(13,4)5/h6-8,12-13,19H,1-5H3,(H,18,20). The third-order valence-corrected chi connectivity index (χ3v) is 3.64. The molecule has 0 bridgehead atoms. The largest absolute Gasteiger partial charge is 0.485 e. The van der Waals surface area contributed by atoms with Crippen LogP contribution in [0, 0.1) is 0 Å². The number of alkyl carbamates (subject to hydrolysis) is 1.